The van der Waals surface area contributed by atoms with Crippen LogP contribution in [0.1, 0.15) is 1.43 Å². The van der Waals surface area contributed by atoms with Gasteiger partial charge >= 0.3 is 35.7 Å². The molecule has 0 atom stereocenters. The number of hydrogen-bond acceptors (Lipinski definition) is 1. The van der Waals surface area contributed by atoms with Crippen molar-refractivity contribution in [1.29, 1.82) is 0 Å². The monoisotopic (exact) mass is 120 g/mol. The van der Waals surface area contributed by atoms with Gasteiger partial charge in [-0.2, -0.15) is 13.5 Å². The Labute approximate surface area is 65.6 Å². The summed E-state index contributed by atoms with van der Waals surface area (Å²) in [5.41, 5.74) is 0. The maximum atomic E-state index is 8.56. The Morgan fingerprint density at radius 3 is 1.50 bits per heavy atom. The topological polar surface area (TPSA) is 57.5 Å². The second kappa shape index (κ2) is 9.15. The van der Waals surface area contributed by atoms with Crippen molar-refractivity contribution in [3.63, 3.8) is 0 Å². The van der Waals surface area contributed by atoms with Crippen molar-refractivity contribution in [1.82, 2.24) is 0 Å². The van der Waals surface area contributed by atoms with Gasteiger partial charge in [0.2, 0.25) is 0 Å². The Morgan fingerprint density at radius 2 is 1.50 bits per heavy atom. The Kier molecular flexibility index (Phi) is 24.3. The average Bonchev–Trinajstić information content (AvgIpc) is 0.811. The summed E-state index contributed by atoms with van der Waals surface area (Å²) in [7, 11) is 0. The largest absolute Gasteiger partial charge is 1.00 e. The Morgan fingerprint density at radius 1 is 1.50 bits per heavy atom. The van der Waals surface area contributed by atoms with Crippen molar-refractivity contribution in [2.24, 2.45) is 0 Å². The van der Waals surface area contributed by atoms with Crippen LogP contribution in [-0.2, 0) is 0 Å². The number of hydrogen-bond donors (Lipinski definition) is 2. The zero-order valence-electron chi connectivity index (χ0n) is 4.30. The molecule has 2 N–H and O–H groups in total. The van der Waals surface area contributed by atoms with Crippen molar-refractivity contribution in [3.8, 4) is 0 Å². The van der Waals surface area contributed by atoms with Crippen LogP contribution in [0, 0.1) is 0 Å². The van der Waals surface area contributed by atoms with Gasteiger partial charge in [0.05, 0.1) is 0 Å². The van der Waals surface area contributed by atoms with Crippen LogP contribution in [0.5, 0.6) is 0 Å². The minimum Gasteiger partial charge on any atom is -1.00 e. The second-order valence-electron chi connectivity index (χ2n) is 0.283. The number of carbonyl (C=O) groups is 1. The standard InChI is InChI=1S/CH2O3.Na.H2S.H/c2-1(3)4;;;/h(H2,2,3,4);;1H2;/q;+1;;-1. The van der Waals surface area contributed by atoms with Crippen LogP contribution in [0.15, 0.2) is 0 Å². The third-order valence-electron chi connectivity index (χ3n) is 0. The van der Waals surface area contributed by atoms with Crippen LogP contribution in [-0.4, -0.2) is 16.4 Å². The van der Waals surface area contributed by atoms with Crippen LogP contribution >= 0.6 is 13.5 Å². The molecule has 0 aromatic heterocycles. The summed E-state index contributed by atoms with van der Waals surface area (Å²) in [6, 6.07) is 0. The summed E-state index contributed by atoms with van der Waals surface area (Å²) in [4.78, 5) is 8.56. The van der Waals surface area contributed by atoms with Crippen molar-refractivity contribution in [2.45, 2.75) is 0 Å². The van der Waals surface area contributed by atoms with Crippen LogP contribution in [0.2, 0.25) is 0 Å². The zero-order valence-corrected chi connectivity index (χ0v) is 6.30. The Bertz CT molecular complexity index is 37.9. The summed E-state index contributed by atoms with van der Waals surface area (Å²) in [5.74, 6) is 0. The van der Waals surface area contributed by atoms with Gasteiger partial charge in [-0.25, -0.2) is 4.79 Å². The molecule has 0 aromatic rings. The smallest absolute Gasteiger partial charge is 1.00 e. The van der Waals surface area contributed by atoms with Crippen molar-refractivity contribution >= 4 is 19.7 Å². The van der Waals surface area contributed by atoms with E-state index in [1.54, 1.807) is 0 Å². The minimum absolute atomic E-state index is 0. The number of carboxylic acid groups (broad SMARTS) is 2. The van der Waals surface area contributed by atoms with E-state index in [0.29, 0.717) is 0 Å². The number of rotatable bonds is 0. The quantitative estimate of drug-likeness (QED) is 0.346. The third kappa shape index (κ3) is 157. The summed E-state index contributed by atoms with van der Waals surface area (Å²) < 4.78 is 0. The van der Waals surface area contributed by atoms with Gasteiger partial charge in [0.1, 0.15) is 0 Å². The molecule has 0 aliphatic carbocycles. The first-order chi connectivity index (χ1) is 1.73. The molecule has 34 valence electrons. The molecule has 0 radical (unpaired) electrons. The minimum atomic E-state index is -1.83. The van der Waals surface area contributed by atoms with Gasteiger partial charge in [-0.1, -0.05) is 0 Å². The predicted octanol–water partition coefficient (Wildman–Crippen LogP) is -2.55. The molecule has 0 saturated carbocycles. The first-order valence-corrected chi connectivity index (χ1v) is 0.651. The van der Waals surface area contributed by atoms with E-state index >= 15 is 0 Å². The fourth-order valence-electron chi connectivity index (χ4n) is 0. The SMILES string of the molecule is O=C(O)O.S.[H-].[Na+]. The molecule has 6 heavy (non-hydrogen) atoms. The molecule has 0 rings (SSSR count). The first-order valence-electron chi connectivity index (χ1n) is 0.651. The maximum absolute atomic E-state index is 8.56. The Hall–Kier alpha value is 0.620. The second-order valence-corrected chi connectivity index (χ2v) is 0.283. The van der Waals surface area contributed by atoms with Gasteiger partial charge in [-0.15, -0.1) is 0 Å². The molecule has 5 heteroatoms. The van der Waals surface area contributed by atoms with Crippen LogP contribution < -0.4 is 29.6 Å². The summed E-state index contributed by atoms with van der Waals surface area (Å²) in [6.45, 7) is 0. The molecule has 0 unspecified atom stereocenters. The van der Waals surface area contributed by atoms with E-state index in [4.69, 9.17) is 15.0 Å². The summed E-state index contributed by atoms with van der Waals surface area (Å²) in [6.07, 6.45) is -1.83. The molecule has 0 heterocycles. The normalized spacial score (nSPS) is 4.00. The molecule has 0 fully saturated rings. The van der Waals surface area contributed by atoms with E-state index in [9.17, 15) is 0 Å². The van der Waals surface area contributed by atoms with Crippen molar-refractivity contribution in [2.75, 3.05) is 0 Å². The van der Waals surface area contributed by atoms with Crippen LogP contribution in [0.4, 0.5) is 4.79 Å². The molecule has 3 nitrogen and oxygen atoms in total. The maximum Gasteiger partial charge on any atom is 1.00 e. The predicted molar refractivity (Wildman–Crippen MR) is 22.1 cm³/mol. The third-order valence-corrected chi connectivity index (χ3v) is 0. The van der Waals surface area contributed by atoms with Crippen molar-refractivity contribution < 1.29 is 46.0 Å². The first kappa shape index (κ1) is 16.0. The molecule has 0 amide bonds. The van der Waals surface area contributed by atoms with E-state index in [1.165, 1.54) is 0 Å². The van der Waals surface area contributed by atoms with Crippen LogP contribution in [0.3, 0.4) is 0 Å². The molecule has 0 aromatic carbocycles. The molecular formula is CH5NaO3S. The van der Waals surface area contributed by atoms with E-state index < -0.39 is 6.16 Å². The molecule has 0 saturated heterocycles. The van der Waals surface area contributed by atoms with Crippen molar-refractivity contribution in [3.05, 3.63) is 0 Å². The van der Waals surface area contributed by atoms with Gasteiger partial charge < -0.3 is 11.6 Å². The molecular weight excluding hydrogens is 115 g/mol. The summed E-state index contributed by atoms with van der Waals surface area (Å²) in [5, 5.41) is 13.9. The van der Waals surface area contributed by atoms with E-state index in [1.807, 2.05) is 0 Å². The van der Waals surface area contributed by atoms with E-state index in [-0.39, 0.29) is 44.5 Å². The molecule has 0 bridgehead atoms. The fourth-order valence-corrected chi connectivity index (χ4v) is 0. The van der Waals surface area contributed by atoms with Gasteiger partial charge in [0.15, 0.2) is 0 Å². The zero-order chi connectivity index (χ0) is 3.58. The average molecular weight is 120 g/mol. The van der Waals surface area contributed by atoms with Gasteiger partial charge in [-0.3, -0.25) is 0 Å². The van der Waals surface area contributed by atoms with E-state index in [0.717, 1.165) is 0 Å². The fraction of sp³-hybridized carbons (Fsp3) is 0. The Balaban J connectivity index is -0.0000000150. The van der Waals surface area contributed by atoms with Crippen LogP contribution in [0.25, 0.3) is 0 Å². The summed E-state index contributed by atoms with van der Waals surface area (Å²) >= 11 is 0. The van der Waals surface area contributed by atoms with Gasteiger partial charge in [0.25, 0.3) is 0 Å². The van der Waals surface area contributed by atoms with Gasteiger partial charge in [-0.05, 0) is 0 Å². The molecule has 0 spiro atoms. The molecule has 0 aliphatic heterocycles. The van der Waals surface area contributed by atoms with Gasteiger partial charge in [0, 0.05) is 0 Å². The van der Waals surface area contributed by atoms with E-state index in [2.05, 4.69) is 0 Å². The molecule has 0 aliphatic rings.